The lowest BCUT2D eigenvalue weighted by Gasteiger charge is -2.27. The molecule has 1 rings (SSSR count). The van der Waals surface area contributed by atoms with Crippen LogP contribution < -0.4 is 26.6 Å². The number of aliphatic carboxylic acids is 1. The van der Waals surface area contributed by atoms with Crippen LogP contribution in [0.5, 0.6) is 0 Å². The van der Waals surface area contributed by atoms with Crippen LogP contribution in [0, 0.1) is 11.8 Å². The van der Waals surface area contributed by atoms with E-state index >= 15 is 0 Å². The molecule has 0 saturated heterocycles. The van der Waals surface area contributed by atoms with E-state index in [1.165, 1.54) is 0 Å². The van der Waals surface area contributed by atoms with Gasteiger partial charge in [-0.05, 0) is 85.5 Å². The first-order valence-corrected chi connectivity index (χ1v) is 18.7. The first-order valence-electron chi connectivity index (χ1n) is 18.7. The molecular formula is C37H67N5O10. The van der Waals surface area contributed by atoms with Crippen LogP contribution in [-0.2, 0) is 43.0 Å². The molecule has 0 aromatic carbocycles. The number of carboxylic acid groups (broad SMARTS) is 1. The second kappa shape index (κ2) is 27.4. The Morgan fingerprint density at radius 1 is 0.827 bits per heavy atom. The normalized spacial score (nSPS) is 17.1. The van der Waals surface area contributed by atoms with Gasteiger partial charge >= 0.3 is 5.97 Å². The molecule has 52 heavy (non-hydrogen) atoms. The molecule has 3 amide bonds. The molecule has 1 fully saturated rings. The number of carbonyl (C=O) groups is 7. The molecule has 0 heterocycles. The predicted molar refractivity (Wildman–Crippen MR) is 198 cm³/mol. The van der Waals surface area contributed by atoms with Gasteiger partial charge in [-0.1, -0.05) is 20.3 Å². The highest BCUT2D eigenvalue weighted by atomic mass is 16.5. The van der Waals surface area contributed by atoms with E-state index in [1.807, 2.05) is 6.92 Å². The molecule has 15 nitrogen and oxygen atoms in total. The zero-order valence-corrected chi connectivity index (χ0v) is 32.6. The molecule has 0 radical (unpaired) electrons. The number of nitrogens with one attached hydrogen (secondary N) is 5. The Kier molecular flexibility index (Phi) is 25.6. The highest BCUT2D eigenvalue weighted by Crippen LogP contribution is 2.30. The summed E-state index contributed by atoms with van der Waals surface area (Å²) in [6.07, 6.45) is 8.08. The van der Waals surface area contributed by atoms with Gasteiger partial charge in [0, 0.05) is 37.9 Å². The minimum absolute atomic E-state index is 0.00521. The van der Waals surface area contributed by atoms with Gasteiger partial charge < -0.3 is 45.4 Å². The molecule has 0 aliphatic heterocycles. The maximum absolute atomic E-state index is 12.3. The van der Waals surface area contributed by atoms with Crippen LogP contribution in [-0.4, -0.2) is 116 Å². The summed E-state index contributed by atoms with van der Waals surface area (Å²) in [5, 5.41) is 22.8. The summed E-state index contributed by atoms with van der Waals surface area (Å²) in [6, 6.07) is -0.900. The minimum Gasteiger partial charge on any atom is -0.481 e. The Morgan fingerprint density at radius 3 is 2.06 bits per heavy atom. The molecule has 1 aliphatic carbocycles. The maximum Gasteiger partial charge on any atom is 0.303 e. The van der Waals surface area contributed by atoms with Crippen LogP contribution in [0.25, 0.3) is 0 Å². The number of rotatable bonds is 27. The molecule has 15 heteroatoms. The largest absolute Gasteiger partial charge is 0.481 e. The van der Waals surface area contributed by atoms with E-state index in [-0.39, 0.29) is 67.9 Å². The number of ether oxygens (including phenoxy) is 2. The molecule has 1 aliphatic rings. The second-order valence-electron chi connectivity index (χ2n) is 14.5. The summed E-state index contributed by atoms with van der Waals surface area (Å²) in [4.78, 5) is 80.4. The molecule has 2 unspecified atom stereocenters. The van der Waals surface area contributed by atoms with Crippen molar-refractivity contribution in [1.82, 2.24) is 26.6 Å². The summed E-state index contributed by atoms with van der Waals surface area (Å²) < 4.78 is 10.7. The van der Waals surface area contributed by atoms with E-state index in [0.717, 1.165) is 44.8 Å². The Labute approximate surface area is 310 Å². The molecule has 6 N–H and O–H groups in total. The predicted octanol–water partition coefficient (Wildman–Crippen LogP) is 2.09. The lowest BCUT2D eigenvalue weighted by atomic mass is 9.80. The van der Waals surface area contributed by atoms with Crippen molar-refractivity contribution in [2.75, 3.05) is 46.1 Å². The molecule has 1 saturated carbocycles. The van der Waals surface area contributed by atoms with Crippen molar-refractivity contribution >= 4 is 42.0 Å². The van der Waals surface area contributed by atoms with Gasteiger partial charge in [-0.25, -0.2) is 0 Å². The van der Waals surface area contributed by atoms with E-state index in [2.05, 4.69) is 33.5 Å². The fraction of sp³-hybridized carbons (Fsp3) is 0.811. The van der Waals surface area contributed by atoms with Crippen molar-refractivity contribution in [2.24, 2.45) is 11.8 Å². The topological polar surface area (TPSA) is 218 Å². The molecule has 0 bridgehead atoms. The summed E-state index contributed by atoms with van der Waals surface area (Å²) in [7, 11) is 0. The number of hydrogen-bond acceptors (Lipinski definition) is 11. The van der Waals surface area contributed by atoms with E-state index in [1.54, 1.807) is 34.6 Å². The Balaban J connectivity index is 0.00000100. The Bertz CT molecular complexity index is 1090. The number of hydrogen-bond donors (Lipinski definition) is 6. The monoisotopic (exact) mass is 741 g/mol. The van der Waals surface area contributed by atoms with Crippen molar-refractivity contribution in [3.05, 3.63) is 0 Å². The summed E-state index contributed by atoms with van der Waals surface area (Å²) >= 11 is 0. The number of amides is 3. The van der Waals surface area contributed by atoms with Crippen LogP contribution in [0.1, 0.15) is 113 Å². The third kappa shape index (κ3) is 24.1. The first-order chi connectivity index (χ1) is 24.5. The second-order valence-corrected chi connectivity index (χ2v) is 14.5. The van der Waals surface area contributed by atoms with Gasteiger partial charge in [-0.3, -0.25) is 29.3 Å². The van der Waals surface area contributed by atoms with Crippen molar-refractivity contribution in [3.63, 3.8) is 0 Å². The average Bonchev–Trinajstić information content (AvgIpc) is 3.11. The number of Topliss-reactive ketones (excluding diaryl/α,β-unsaturated/α-hetero) is 1. The van der Waals surface area contributed by atoms with Crippen molar-refractivity contribution < 1.29 is 48.1 Å². The van der Waals surface area contributed by atoms with Crippen LogP contribution in [0.4, 0.5) is 0 Å². The summed E-state index contributed by atoms with van der Waals surface area (Å²) in [5.41, 5.74) is -1.40. The van der Waals surface area contributed by atoms with E-state index in [0.29, 0.717) is 51.5 Å². The van der Waals surface area contributed by atoms with Gasteiger partial charge in [0.25, 0.3) is 0 Å². The number of carboxylic acids is 1. The smallest absolute Gasteiger partial charge is 0.303 e. The van der Waals surface area contributed by atoms with Crippen LogP contribution in [0.3, 0.4) is 0 Å². The van der Waals surface area contributed by atoms with Gasteiger partial charge in [-0.15, -0.1) is 0 Å². The molecule has 0 aromatic rings. The van der Waals surface area contributed by atoms with Gasteiger partial charge in [0.1, 0.15) is 19.2 Å². The summed E-state index contributed by atoms with van der Waals surface area (Å²) in [6.45, 7) is 15.3. The molecular weight excluding hydrogens is 674 g/mol. The number of ketones is 1. The Hall–Kier alpha value is -3.27. The maximum atomic E-state index is 12.3. The quantitative estimate of drug-likeness (QED) is 0.0527. The lowest BCUT2D eigenvalue weighted by molar-refractivity contribution is -0.137. The van der Waals surface area contributed by atoms with E-state index in [4.69, 9.17) is 14.6 Å². The van der Waals surface area contributed by atoms with Crippen molar-refractivity contribution in [3.8, 4) is 0 Å². The highest BCUT2D eigenvalue weighted by Gasteiger charge is 2.28. The van der Waals surface area contributed by atoms with Crippen LogP contribution in [0.15, 0.2) is 0 Å². The van der Waals surface area contributed by atoms with Gasteiger partial charge in [-0.2, -0.15) is 0 Å². The first kappa shape index (κ1) is 48.7. The zero-order valence-electron chi connectivity index (χ0n) is 32.6. The lowest BCUT2D eigenvalue weighted by Crippen LogP contribution is -2.51. The van der Waals surface area contributed by atoms with Crippen LogP contribution >= 0.6 is 0 Å². The third-order valence-electron chi connectivity index (χ3n) is 8.85. The average molecular weight is 742 g/mol. The van der Waals surface area contributed by atoms with Gasteiger partial charge in [0.05, 0.1) is 43.5 Å². The SMILES string of the molecule is CCC1CCC(C(=O)NC(C=O)CCC(=O)NC(C)CCC(=O)O)CC1.CCCNC(=O)CNC(C)(C)C(=O)COCCOCCNC(C)(C)C=O. The molecule has 300 valence electrons. The van der Waals surface area contributed by atoms with Crippen molar-refractivity contribution in [1.29, 1.82) is 0 Å². The summed E-state index contributed by atoms with van der Waals surface area (Å²) in [5.74, 6) is -0.830. The van der Waals surface area contributed by atoms with Crippen LogP contribution in [0.2, 0.25) is 0 Å². The fourth-order valence-electron chi connectivity index (χ4n) is 5.13. The molecule has 0 aromatic heterocycles. The van der Waals surface area contributed by atoms with Gasteiger partial charge in [0.15, 0.2) is 5.78 Å². The number of carbonyl (C=O) groups excluding carboxylic acids is 6. The Morgan fingerprint density at radius 2 is 1.48 bits per heavy atom. The highest BCUT2D eigenvalue weighted by molar-refractivity contribution is 5.89. The van der Waals surface area contributed by atoms with Gasteiger partial charge in [0.2, 0.25) is 17.7 Å². The third-order valence-corrected chi connectivity index (χ3v) is 8.85. The fourth-order valence-corrected chi connectivity index (χ4v) is 5.13. The van der Waals surface area contributed by atoms with Crippen molar-refractivity contribution in [2.45, 2.75) is 136 Å². The number of aldehydes is 2. The molecule has 0 spiro atoms. The van der Waals surface area contributed by atoms with E-state index in [9.17, 15) is 33.6 Å². The zero-order chi connectivity index (χ0) is 39.6. The standard InChI is InChI=1S/C19H32N2O5.C18H35N3O5/c1-3-14-5-7-15(8-6-14)19(26)21-16(12-22)9-10-17(23)20-13(2)4-11-18(24)25;1-6-7-19-16(24)12-21-18(4,5)15(23)13-26-11-10-25-9-8-20-17(2,3)14-22/h12-16H,3-11H2,1-2H3,(H,20,23)(H,21,26)(H,24,25);14,20-21H,6-13H2,1-5H3,(H,19,24). The minimum atomic E-state index is -0.900. The molecule has 2 atom stereocenters. The van der Waals surface area contributed by atoms with E-state index < -0.39 is 23.1 Å².